The summed E-state index contributed by atoms with van der Waals surface area (Å²) in [6, 6.07) is 34.8. The molecule has 0 aliphatic heterocycles. The third kappa shape index (κ3) is 7.54. The molecule has 0 spiro atoms. The number of hydrogen-bond donors (Lipinski definition) is 0. The lowest BCUT2D eigenvalue weighted by Crippen LogP contribution is -2.13. The average Bonchev–Trinajstić information content (AvgIpc) is 4.17. The Kier molecular flexibility index (Phi) is 9.30. The predicted octanol–water partition coefficient (Wildman–Crippen LogP) is 6.80. The summed E-state index contributed by atoms with van der Waals surface area (Å²) < 4.78 is 7.42. The van der Waals surface area contributed by atoms with Gasteiger partial charge in [-0.15, -0.1) is 0 Å². The number of rotatable bonds is 12. The van der Waals surface area contributed by atoms with Crippen LogP contribution < -0.4 is 0 Å². The van der Waals surface area contributed by atoms with E-state index in [0.29, 0.717) is 48.2 Å². The molecule has 298 valence electrons. The second-order valence-corrected chi connectivity index (χ2v) is 14.5. The summed E-state index contributed by atoms with van der Waals surface area (Å²) in [5, 5.41) is 19.4. The SMILES string of the molecule is c1ccc(-c2ccn(Cc3nc4cc5nc(Cn6ccc(-c7ccccn7)n6)c(Cn6ccc(-c7ccccn7)n6)nc5cc4nc3Cn3ccc(-c4ccccn4)n3)n2)nc1. The summed E-state index contributed by atoms with van der Waals surface area (Å²) in [7, 11) is 0. The van der Waals surface area contributed by atoms with Gasteiger partial charge in [0.15, 0.2) is 0 Å². The van der Waals surface area contributed by atoms with Crippen LogP contribution in [0.1, 0.15) is 22.8 Å². The molecule has 11 aromatic rings. The zero-order valence-corrected chi connectivity index (χ0v) is 33.0. The molecule has 0 atom stereocenters. The first kappa shape index (κ1) is 36.4. The Morgan fingerprint density at radius 3 is 0.774 bits per heavy atom. The molecule has 0 bridgehead atoms. The molecule has 0 saturated heterocycles. The molecule has 10 heterocycles. The van der Waals surface area contributed by atoms with E-state index in [1.807, 2.05) is 153 Å². The quantitative estimate of drug-likeness (QED) is 0.118. The van der Waals surface area contributed by atoms with Crippen molar-refractivity contribution in [3.8, 4) is 45.6 Å². The summed E-state index contributed by atoms with van der Waals surface area (Å²) in [6.45, 7) is 1.48. The van der Waals surface area contributed by atoms with Crippen molar-refractivity contribution < 1.29 is 0 Å². The van der Waals surface area contributed by atoms with Crippen molar-refractivity contribution in [3.05, 3.63) is 182 Å². The highest BCUT2D eigenvalue weighted by Crippen LogP contribution is 2.25. The fourth-order valence-electron chi connectivity index (χ4n) is 7.28. The number of aromatic nitrogens is 16. The highest BCUT2D eigenvalue weighted by molar-refractivity contribution is 5.91. The maximum absolute atomic E-state index is 5.23. The van der Waals surface area contributed by atoms with Crippen molar-refractivity contribution >= 4 is 22.1 Å². The molecule has 0 saturated carbocycles. The second kappa shape index (κ2) is 15.8. The van der Waals surface area contributed by atoms with Gasteiger partial charge in [0.25, 0.3) is 0 Å². The Morgan fingerprint density at radius 1 is 0.290 bits per heavy atom. The fourth-order valence-corrected chi connectivity index (χ4v) is 7.28. The molecular weight excluding hydrogens is 777 g/mol. The van der Waals surface area contributed by atoms with Crippen LogP contribution >= 0.6 is 0 Å². The molecule has 0 radical (unpaired) electrons. The average molecular weight is 811 g/mol. The molecule has 16 nitrogen and oxygen atoms in total. The minimum Gasteiger partial charge on any atom is -0.266 e. The molecular formula is C46H34N16. The summed E-state index contributed by atoms with van der Waals surface area (Å²) >= 11 is 0. The summed E-state index contributed by atoms with van der Waals surface area (Å²) in [5.74, 6) is 0. The van der Waals surface area contributed by atoms with E-state index in [1.165, 1.54) is 0 Å². The first-order valence-corrected chi connectivity index (χ1v) is 19.9. The molecule has 0 fully saturated rings. The summed E-state index contributed by atoms with van der Waals surface area (Å²) in [4.78, 5) is 38.9. The lowest BCUT2D eigenvalue weighted by atomic mass is 10.2. The standard InChI is InChI=1S/C46H34N16/c1-5-17-47-31(9-1)35-13-21-59(55-35)27-43-44(28-60-22-14-36(56-60)32-10-2-6-18-48-32)52-40-26-42-41(25-39(40)51-43)53-45(29-61-23-15-37(57-61)33-11-3-7-19-49-33)46(54-42)30-62-24-16-38(58-62)34-12-4-8-20-50-34/h1-26H,27-30H2. The van der Waals surface area contributed by atoms with Gasteiger partial charge in [0.1, 0.15) is 22.8 Å². The van der Waals surface area contributed by atoms with Crippen LogP contribution in [0.15, 0.2) is 159 Å². The molecule has 16 heteroatoms. The molecule has 10 aromatic heterocycles. The Bertz CT molecular complexity index is 2860. The third-order valence-corrected chi connectivity index (χ3v) is 10.3. The van der Waals surface area contributed by atoms with Crippen molar-refractivity contribution in [1.29, 1.82) is 0 Å². The van der Waals surface area contributed by atoms with Gasteiger partial charge in [-0.2, -0.15) is 20.4 Å². The highest BCUT2D eigenvalue weighted by Gasteiger charge is 2.18. The van der Waals surface area contributed by atoms with Crippen LogP contribution in [0.5, 0.6) is 0 Å². The van der Waals surface area contributed by atoms with E-state index < -0.39 is 0 Å². The van der Waals surface area contributed by atoms with Crippen LogP contribution in [0.3, 0.4) is 0 Å². The third-order valence-electron chi connectivity index (χ3n) is 10.3. The van der Waals surface area contributed by atoms with Crippen molar-refractivity contribution in [1.82, 2.24) is 79.0 Å². The van der Waals surface area contributed by atoms with Crippen molar-refractivity contribution in [2.45, 2.75) is 26.2 Å². The first-order chi connectivity index (χ1) is 30.6. The van der Waals surface area contributed by atoms with Crippen molar-refractivity contribution in [2.75, 3.05) is 0 Å². The predicted molar refractivity (Wildman–Crippen MR) is 231 cm³/mol. The largest absolute Gasteiger partial charge is 0.266 e. The lowest BCUT2D eigenvalue weighted by Gasteiger charge is -2.13. The van der Waals surface area contributed by atoms with Gasteiger partial charge in [-0.1, -0.05) is 24.3 Å². The van der Waals surface area contributed by atoms with Crippen LogP contribution in [0.4, 0.5) is 0 Å². The Hall–Kier alpha value is -8.66. The summed E-state index contributed by atoms with van der Waals surface area (Å²) in [5.41, 5.74) is 11.9. The Labute approximate surface area is 353 Å². The van der Waals surface area contributed by atoms with E-state index in [-0.39, 0.29) is 0 Å². The van der Waals surface area contributed by atoms with Crippen molar-refractivity contribution in [2.24, 2.45) is 0 Å². The maximum atomic E-state index is 5.23. The normalized spacial score (nSPS) is 11.5. The zero-order chi connectivity index (χ0) is 41.2. The Morgan fingerprint density at radius 2 is 0.548 bits per heavy atom. The van der Waals surface area contributed by atoms with E-state index in [2.05, 4.69) is 19.9 Å². The van der Waals surface area contributed by atoms with Gasteiger partial charge < -0.3 is 0 Å². The molecule has 62 heavy (non-hydrogen) atoms. The number of hydrogen-bond acceptors (Lipinski definition) is 12. The van der Waals surface area contributed by atoms with Gasteiger partial charge in [-0.3, -0.25) is 38.7 Å². The van der Waals surface area contributed by atoms with Gasteiger partial charge in [0.2, 0.25) is 0 Å². The van der Waals surface area contributed by atoms with E-state index in [1.54, 1.807) is 24.8 Å². The van der Waals surface area contributed by atoms with Crippen molar-refractivity contribution in [3.63, 3.8) is 0 Å². The van der Waals surface area contributed by atoms with Crippen LogP contribution in [-0.2, 0) is 26.2 Å². The smallest absolute Gasteiger partial charge is 0.111 e. The minimum absolute atomic E-state index is 0.371. The maximum Gasteiger partial charge on any atom is 0.111 e. The molecule has 0 unspecified atom stereocenters. The lowest BCUT2D eigenvalue weighted by molar-refractivity contribution is 0.631. The van der Waals surface area contributed by atoms with Crippen LogP contribution in [0.2, 0.25) is 0 Å². The van der Waals surface area contributed by atoms with E-state index in [9.17, 15) is 0 Å². The first-order valence-electron chi connectivity index (χ1n) is 19.9. The van der Waals surface area contributed by atoms with Crippen LogP contribution in [0.25, 0.3) is 67.6 Å². The van der Waals surface area contributed by atoms with Gasteiger partial charge >= 0.3 is 0 Å². The molecule has 0 amide bonds. The summed E-state index contributed by atoms with van der Waals surface area (Å²) in [6.07, 6.45) is 14.8. The minimum atomic E-state index is 0.371. The zero-order valence-electron chi connectivity index (χ0n) is 33.0. The van der Waals surface area contributed by atoms with Crippen LogP contribution in [-0.4, -0.2) is 79.0 Å². The number of fused-ring (bicyclic) bond motifs is 2. The molecule has 0 N–H and O–H groups in total. The molecule has 0 aliphatic carbocycles. The van der Waals surface area contributed by atoms with E-state index in [0.717, 1.165) is 68.3 Å². The number of nitrogens with zero attached hydrogens (tertiary/aromatic N) is 16. The van der Waals surface area contributed by atoms with Crippen LogP contribution in [0, 0.1) is 0 Å². The van der Waals surface area contributed by atoms with Gasteiger partial charge in [0.05, 0.1) is 93.8 Å². The second-order valence-electron chi connectivity index (χ2n) is 14.5. The van der Waals surface area contributed by atoms with Gasteiger partial charge in [0, 0.05) is 49.6 Å². The fraction of sp³-hybridized carbons (Fsp3) is 0.0870. The molecule has 11 rings (SSSR count). The molecule has 1 aromatic carbocycles. The molecule has 0 aliphatic rings. The number of pyridine rings is 4. The monoisotopic (exact) mass is 810 g/mol. The topological polar surface area (TPSA) is 174 Å². The van der Waals surface area contributed by atoms with E-state index >= 15 is 0 Å². The number of benzene rings is 1. The van der Waals surface area contributed by atoms with Gasteiger partial charge in [-0.25, -0.2) is 19.9 Å². The van der Waals surface area contributed by atoms with E-state index in [4.69, 9.17) is 40.3 Å². The Balaban J connectivity index is 0.992. The highest BCUT2D eigenvalue weighted by atomic mass is 15.3. The van der Waals surface area contributed by atoms with Gasteiger partial charge in [-0.05, 0) is 84.9 Å².